The fourth-order valence-electron chi connectivity index (χ4n) is 13.0. The first kappa shape index (κ1) is 91.9. The third-order valence-corrected chi connectivity index (χ3v) is 19.4. The van der Waals surface area contributed by atoms with E-state index in [0.29, 0.717) is 6.42 Å². The summed E-state index contributed by atoms with van der Waals surface area (Å²) in [6, 6.07) is -1.00. The minimum Gasteiger partial charge on any atom is -0.394 e. The van der Waals surface area contributed by atoms with Gasteiger partial charge in [-0.15, -0.1) is 0 Å². The van der Waals surface area contributed by atoms with Crippen molar-refractivity contribution in [3.8, 4) is 0 Å². The highest BCUT2D eigenvalue weighted by Crippen LogP contribution is 2.33. The van der Waals surface area contributed by atoms with Crippen molar-refractivity contribution in [3.63, 3.8) is 0 Å². The minimum atomic E-state index is -1.99. The molecular formula is C82H143NO18. The van der Waals surface area contributed by atoms with E-state index < -0.39 is 124 Å². The van der Waals surface area contributed by atoms with Crippen molar-refractivity contribution < 1.29 is 89.4 Å². The number of aliphatic hydroxyl groups excluding tert-OH is 11. The van der Waals surface area contributed by atoms with Gasteiger partial charge in [0.05, 0.1) is 38.6 Å². The average Bonchev–Trinajstić information content (AvgIpc) is 0.782. The summed E-state index contributed by atoms with van der Waals surface area (Å²) in [7, 11) is 0. The Hall–Kier alpha value is -3.29. The monoisotopic (exact) mass is 1430 g/mol. The molecule has 0 bridgehead atoms. The number of hydrogen-bond donors (Lipinski definition) is 12. The minimum absolute atomic E-state index is 0.198. The Morgan fingerprint density at radius 1 is 0.366 bits per heavy atom. The molecular weight excluding hydrogens is 1290 g/mol. The highest BCUT2D eigenvalue weighted by atomic mass is 16.8. The topological polar surface area (TPSA) is 307 Å². The Morgan fingerprint density at radius 2 is 0.683 bits per heavy atom. The molecule has 584 valence electrons. The molecule has 3 fully saturated rings. The van der Waals surface area contributed by atoms with Gasteiger partial charge in [-0.2, -0.15) is 0 Å². The largest absolute Gasteiger partial charge is 0.394 e. The molecule has 0 aliphatic carbocycles. The second-order valence-electron chi connectivity index (χ2n) is 28.1. The lowest BCUT2D eigenvalue weighted by molar-refractivity contribution is -0.379. The Balaban J connectivity index is 1.40. The fourth-order valence-corrected chi connectivity index (χ4v) is 13.0. The highest BCUT2D eigenvalue weighted by Gasteiger charge is 2.54. The number of nitrogens with one attached hydrogen (secondary N) is 1. The molecule has 17 unspecified atom stereocenters. The van der Waals surface area contributed by atoms with Gasteiger partial charge >= 0.3 is 0 Å². The molecule has 0 aromatic heterocycles. The maximum Gasteiger partial charge on any atom is 0.220 e. The summed E-state index contributed by atoms with van der Waals surface area (Å²) in [6.45, 7) is 1.62. The Kier molecular flexibility index (Phi) is 56.3. The molecule has 3 rings (SSSR count). The van der Waals surface area contributed by atoms with Crippen LogP contribution in [0.3, 0.4) is 0 Å². The summed E-state index contributed by atoms with van der Waals surface area (Å²) in [5.41, 5.74) is 0. The molecule has 3 heterocycles. The summed E-state index contributed by atoms with van der Waals surface area (Å²) in [6.07, 6.45) is 56.8. The van der Waals surface area contributed by atoms with Crippen LogP contribution in [0.2, 0.25) is 0 Å². The van der Waals surface area contributed by atoms with Crippen molar-refractivity contribution in [2.75, 3.05) is 26.4 Å². The van der Waals surface area contributed by atoms with Crippen LogP contribution in [0.25, 0.3) is 0 Å². The number of carbonyl (C=O) groups is 1. The van der Waals surface area contributed by atoms with Crippen LogP contribution in [0.15, 0.2) is 97.2 Å². The zero-order chi connectivity index (χ0) is 73.2. The summed E-state index contributed by atoms with van der Waals surface area (Å²) < 4.78 is 34.4. The van der Waals surface area contributed by atoms with Gasteiger partial charge < -0.3 is 89.9 Å². The molecule has 3 aliphatic heterocycles. The molecule has 0 aromatic carbocycles. The smallest absolute Gasteiger partial charge is 0.220 e. The van der Waals surface area contributed by atoms with Crippen LogP contribution in [0.4, 0.5) is 0 Å². The molecule has 1 amide bonds. The molecule has 101 heavy (non-hydrogen) atoms. The molecule has 3 saturated heterocycles. The number of carbonyl (C=O) groups excluding carboxylic acids is 1. The van der Waals surface area contributed by atoms with Crippen molar-refractivity contribution in [1.82, 2.24) is 5.32 Å². The van der Waals surface area contributed by atoms with Crippen molar-refractivity contribution in [2.45, 2.75) is 388 Å². The van der Waals surface area contributed by atoms with Crippen LogP contribution in [0, 0.1) is 0 Å². The first-order valence-electron chi connectivity index (χ1n) is 40.0. The van der Waals surface area contributed by atoms with Gasteiger partial charge in [-0.05, 0) is 77.0 Å². The zero-order valence-electron chi connectivity index (χ0n) is 62.4. The first-order chi connectivity index (χ1) is 49.3. The molecule has 0 saturated carbocycles. The van der Waals surface area contributed by atoms with E-state index >= 15 is 0 Å². The summed E-state index contributed by atoms with van der Waals surface area (Å²) >= 11 is 0. The van der Waals surface area contributed by atoms with Gasteiger partial charge in [0.25, 0.3) is 0 Å². The van der Waals surface area contributed by atoms with Crippen molar-refractivity contribution >= 4 is 5.91 Å². The van der Waals surface area contributed by atoms with Crippen LogP contribution in [-0.2, 0) is 33.2 Å². The number of hydrogen-bond acceptors (Lipinski definition) is 18. The van der Waals surface area contributed by atoms with Crippen LogP contribution in [0.1, 0.15) is 284 Å². The predicted molar refractivity (Wildman–Crippen MR) is 401 cm³/mol. The number of amides is 1. The molecule has 3 aliphatic rings. The predicted octanol–water partition coefficient (Wildman–Crippen LogP) is 13.2. The lowest BCUT2D eigenvalue weighted by Gasteiger charge is -2.48. The van der Waals surface area contributed by atoms with Gasteiger partial charge in [0, 0.05) is 6.42 Å². The maximum atomic E-state index is 13.5. The number of aliphatic hydroxyl groups is 11. The highest BCUT2D eigenvalue weighted by molar-refractivity contribution is 5.76. The van der Waals surface area contributed by atoms with E-state index in [2.05, 4.69) is 104 Å². The van der Waals surface area contributed by atoms with E-state index in [4.69, 9.17) is 28.4 Å². The number of rotatable bonds is 62. The van der Waals surface area contributed by atoms with E-state index in [-0.39, 0.29) is 18.9 Å². The van der Waals surface area contributed by atoms with E-state index in [1.165, 1.54) is 167 Å². The maximum absolute atomic E-state index is 13.5. The third-order valence-electron chi connectivity index (χ3n) is 19.4. The zero-order valence-corrected chi connectivity index (χ0v) is 62.4. The van der Waals surface area contributed by atoms with Gasteiger partial charge in [-0.3, -0.25) is 4.79 Å². The van der Waals surface area contributed by atoms with Crippen LogP contribution >= 0.6 is 0 Å². The Morgan fingerprint density at radius 3 is 1.07 bits per heavy atom. The van der Waals surface area contributed by atoms with Crippen LogP contribution in [0.5, 0.6) is 0 Å². The normalized spacial score (nSPS) is 26.8. The van der Waals surface area contributed by atoms with Crippen LogP contribution in [-0.4, -0.2) is 193 Å². The first-order valence-corrected chi connectivity index (χ1v) is 40.0. The van der Waals surface area contributed by atoms with Crippen molar-refractivity contribution in [1.29, 1.82) is 0 Å². The van der Waals surface area contributed by atoms with Gasteiger partial charge in [-0.25, -0.2) is 0 Å². The molecule has 0 radical (unpaired) electrons. The van der Waals surface area contributed by atoms with E-state index in [1.807, 2.05) is 6.08 Å². The van der Waals surface area contributed by atoms with E-state index in [0.717, 1.165) is 89.9 Å². The molecule has 0 aromatic rings. The van der Waals surface area contributed by atoms with Gasteiger partial charge in [0.15, 0.2) is 18.9 Å². The van der Waals surface area contributed by atoms with Crippen molar-refractivity contribution in [2.24, 2.45) is 0 Å². The second kappa shape index (κ2) is 61.8. The number of ether oxygens (including phenoxy) is 6. The molecule has 0 spiro atoms. The summed E-state index contributed by atoms with van der Waals surface area (Å²) in [5, 5.41) is 121. The third kappa shape index (κ3) is 42.0. The Bertz CT molecular complexity index is 2200. The van der Waals surface area contributed by atoms with Gasteiger partial charge in [0.1, 0.15) is 73.2 Å². The van der Waals surface area contributed by atoms with Crippen LogP contribution < -0.4 is 5.32 Å². The van der Waals surface area contributed by atoms with E-state index in [1.54, 1.807) is 6.08 Å². The SMILES string of the molecule is CC/C=C\C/C=C\C/C=C\C/C=C\C/C=C\C/C=C\C/C=C\CCCCCC(=O)NC(COC1OC(CO)C(OC2OC(CO)C(OC3OC(CO)C(O)C(O)C3O)C(O)C2O)C(O)C1O)C(O)/C=C/CCCCCCCCCCCCCCCCCCCCCCCCCCCCCCC. The molecule has 19 nitrogen and oxygen atoms in total. The molecule has 19 heteroatoms. The number of allylic oxidation sites excluding steroid dienone is 15. The molecule has 17 atom stereocenters. The molecule has 12 N–H and O–H groups in total. The van der Waals surface area contributed by atoms with Crippen molar-refractivity contribution in [3.05, 3.63) is 97.2 Å². The fraction of sp³-hybridized carbons (Fsp3) is 0.793. The second-order valence-corrected chi connectivity index (χ2v) is 28.1. The lowest BCUT2D eigenvalue weighted by Crippen LogP contribution is -2.66. The van der Waals surface area contributed by atoms with E-state index in [9.17, 15) is 61.0 Å². The lowest BCUT2D eigenvalue weighted by atomic mass is 9.96. The quantitative estimate of drug-likeness (QED) is 0.0199. The van der Waals surface area contributed by atoms with Gasteiger partial charge in [-0.1, -0.05) is 297 Å². The Labute approximate surface area is 609 Å². The standard InChI is InChI=1S/C82H143NO18/c1-3-5-7-9-11-13-15-17-19-21-23-25-27-29-30-31-32-33-34-36-37-39-41-43-45-47-49-51-53-55-57-59-66(87)65(83-70(88)60-58-56-54-52-50-48-46-44-42-40-38-35-28-26-24-22-20-18-16-14-12-10-8-6-4-2)64-96-80-76(94)73(91)78(68(62-85)98-80)101-82-77(95)74(92)79(69(63-86)99-82)100-81-75(93)72(90)71(89)67(61-84)97-81/h6,8,12,14,18,20,24,26,35,38,42,44,48,50,57,59,65-69,71-82,84-87,89-95H,3-5,7,9-11,13,15-17,19,21-23,25,27-34,36-37,39-41,43,45-47,49,51-56,58,60-64H2,1-2H3,(H,83,88)/b8-6-,14-12-,20-18-,26-24-,38-35-,44-42-,50-48-,59-57+. The van der Waals surface area contributed by atoms with Gasteiger partial charge in [0.2, 0.25) is 5.91 Å². The number of unbranched alkanes of at least 4 members (excludes halogenated alkanes) is 32. The average molecular weight is 1430 g/mol. The summed E-state index contributed by atoms with van der Waals surface area (Å²) in [4.78, 5) is 13.5. The summed E-state index contributed by atoms with van der Waals surface area (Å²) in [5.74, 6) is -0.308.